The van der Waals surface area contributed by atoms with Gasteiger partial charge in [0.1, 0.15) is 0 Å². The van der Waals surface area contributed by atoms with Crippen molar-refractivity contribution in [3.8, 4) is 11.5 Å². The summed E-state index contributed by atoms with van der Waals surface area (Å²) in [7, 11) is 0. The SMILES string of the molecule is CCC(CC)N1CCC(Cc2noc(-c3ccc(C)cc3)n2)CC1. The first-order valence-corrected chi connectivity index (χ1v) is 9.33. The predicted molar refractivity (Wildman–Crippen MR) is 96.8 cm³/mol. The van der Waals surface area contributed by atoms with Crippen molar-refractivity contribution >= 4 is 0 Å². The van der Waals surface area contributed by atoms with Gasteiger partial charge in [-0.3, -0.25) is 0 Å². The molecule has 1 fully saturated rings. The van der Waals surface area contributed by atoms with Gasteiger partial charge in [-0.15, -0.1) is 0 Å². The summed E-state index contributed by atoms with van der Waals surface area (Å²) in [6, 6.07) is 8.99. The van der Waals surface area contributed by atoms with E-state index >= 15 is 0 Å². The summed E-state index contributed by atoms with van der Waals surface area (Å²) in [5.74, 6) is 2.17. The highest BCUT2D eigenvalue weighted by Gasteiger charge is 2.24. The highest BCUT2D eigenvalue weighted by atomic mass is 16.5. The Labute approximate surface area is 145 Å². The van der Waals surface area contributed by atoms with E-state index in [9.17, 15) is 0 Å². The first-order valence-electron chi connectivity index (χ1n) is 9.33. The molecule has 0 amide bonds. The Kier molecular flexibility index (Phi) is 5.67. The lowest BCUT2D eigenvalue weighted by atomic mass is 9.92. The molecule has 2 heterocycles. The Morgan fingerprint density at radius 3 is 2.42 bits per heavy atom. The molecule has 1 aromatic heterocycles. The molecule has 0 N–H and O–H groups in total. The van der Waals surface area contributed by atoms with Crippen molar-refractivity contribution < 1.29 is 4.52 Å². The second-order valence-electron chi connectivity index (χ2n) is 7.04. The van der Waals surface area contributed by atoms with E-state index in [2.05, 4.69) is 47.9 Å². The number of nitrogens with zero attached hydrogens (tertiary/aromatic N) is 3. The fourth-order valence-corrected chi connectivity index (χ4v) is 3.74. The number of hydrogen-bond donors (Lipinski definition) is 0. The summed E-state index contributed by atoms with van der Waals surface area (Å²) in [6.07, 6.45) is 5.93. The van der Waals surface area contributed by atoms with Crippen LogP contribution in [0.3, 0.4) is 0 Å². The monoisotopic (exact) mass is 327 g/mol. The summed E-state index contributed by atoms with van der Waals surface area (Å²) >= 11 is 0. The Hall–Kier alpha value is -1.68. The van der Waals surface area contributed by atoms with E-state index in [-0.39, 0.29) is 0 Å². The van der Waals surface area contributed by atoms with Crippen LogP contribution in [-0.4, -0.2) is 34.2 Å². The molecular formula is C20H29N3O. The summed E-state index contributed by atoms with van der Waals surface area (Å²) in [5.41, 5.74) is 2.24. The van der Waals surface area contributed by atoms with E-state index in [4.69, 9.17) is 4.52 Å². The minimum absolute atomic E-state index is 0.638. The van der Waals surface area contributed by atoms with Crippen molar-refractivity contribution in [3.63, 3.8) is 0 Å². The van der Waals surface area contributed by atoms with E-state index in [1.165, 1.54) is 44.3 Å². The fraction of sp³-hybridized carbons (Fsp3) is 0.600. The van der Waals surface area contributed by atoms with E-state index in [1.807, 2.05) is 12.1 Å². The third kappa shape index (κ3) is 4.04. The van der Waals surface area contributed by atoms with Gasteiger partial charge in [0.2, 0.25) is 0 Å². The van der Waals surface area contributed by atoms with Crippen LogP contribution in [0.5, 0.6) is 0 Å². The maximum absolute atomic E-state index is 5.45. The summed E-state index contributed by atoms with van der Waals surface area (Å²) in [5, 5.41) is 4.20. The van der Waals surface area contributed by atoms with Crippen molar-refractivity contribution in [2.45, 2.75) is 58.9 Å². The zero-order valence-electron chi connectivity index (χ0n) is 15.2. The largest absolute Gasteiger partial charge is 0.334 e. The molecule has 0 saturated carbocycles. The Balaban J connectivity index is 1.55. The minimum atomic E-state index is 0.638. The smallest absolute Gasteiger partial charge is 0.257 e. The van der Waals surface area contributed by atoms with Gasteiger partial charge in [0.25, 0.3) is 5.89 Å². The summed E-state index contributed by atoms with van der Waals surface area (Å²) in [6.45, 7) is 9.09. The third-order valence-electron chi connectivity index (χ3n) is 5.35. The number of aryl methyl sites for hydroxylation is 1. The Morgan fingerprint density at radius 2 is 1.79 bits per heavy atom. The number of rotatable bonds is 6. The van der Waals surface area contributed by atoms with Gasteiger partial charge in [0.15, 0.2) is 5.82 Å². The molecule has 1 aliphatic heterocycles. The molecule has 0 bridgehead atoms. The third-order valence-corrected chi connectivity index (χ3v) is 5.35. The van der Waals surface area contributed by atoms with Crippen LogP contribution >= 0.6 is 0 Å². The van der Waals surface area contributed by atoms with Crippen molar-refractivity contribution in [2.75, 3.05) is 13.1 Å². The fourth-order valence-electron chi connectivity index (χ4n) is 3.74. The van der Waals surface area contributed by atoms with Crippen LogP contribution in [0, 0.1) is 12.8 Å². The molecule has 1 aromatic carbocycles. The molecule has 130 valence electrons. The van der Waals surface area contributed by atoms with Gasteiger partial charge in [0.05, 0.1) is 0 Å². The van der Waals surface area contributed by atoms with Crippen LogP contribution in [0.25, 0.3) is 11.5 Å². The van der Waals surface area contributed by atoms with E-state index in [0.29, 0.717) is 11.8 Å². The van der Waals surface area contributed by atoms with Gasteiger partial charge in [-0.2, -0.15) is 4.98 Å². The van der Waals surface area contributed by atoms with E-state index in [1.54, 1.807) is 0 Å². The number of hydrogen-bond acceptors (Lipinski definition) is 4. The number of benzene rings is 1. The van der Waals surface area contributed by atoms with Crippen LogP contribution in [0.2, 0.25) is 0 Å². The summed E-state index contributed by atoms with van der Waals surface area (Å²) < 4.78 is 5.45. The zero-order chi connectivity index (χ0) is 16.9. The van der Waals surface area contributed by atoms with Gasteiger partial charge in [-0.1, -0.05) is 36.7 Å². The Bertz CT molecular complexity index is 623. The molecular weight excluding hydrogens is 298 g/mol. The molecule has 0 unspecified atom stereocenters. The van der Waals surface area contributed by atoms with Gasteiger partial charge in [0, 0.05) is 18.0 Å². The van der Waals surface area contributed by atoms with Crippen LogP contribution in [0.15, 0.2) is 28.8 Å². The number of aromatic nitrogens is 2. The van der Waals surface area contributed by atoms with Crippen LogP contribution in [-0.2, 0) is 6.42 Å². The normalized spacial score (nSPS) is 16.8. The number of piperidine rings is 1. The van der Waals surface area contributed by atoms with Crippen molar-refractivity contribution in [2.24, 2.45) is 5.92 Å². The van der Waals surface area contributed by atoms with Gasteiger partial charge < -0.3 is 9.42 Å². The highest BCUT2D eigenvalue weighted by molar-refractivity contribution is 5.53. The topological polar surface area (TPSA) is 42.2 Å². The average molecular weight is 327 g/mol. The minimum Gasteiger partial charge on any atom is -0.334 e. The van der Waals surface area contributed by atoms with Crippen molar-refractivity contribution in [1.29, 1.82) is 0 Å². The second kappa shape index (κ2) is 7.93. The predicted octanol–water partition coefficient (Wildman–Crippen LogP) is 4.49. The maximum Gasteiger partial charge on any atom is 0.257 e. The molecule has 4 heteroatoms. The van der Waals surface area contributed by atoms with Crippen molar-refractivity contribution in [3.05, 3.63) is 35.7 Å². The highest BCUT2D eigenvalue weighted by Crippen LogP contribution is 2.25. The van der Waals surface area contributed by atoms with E-state index in [0.717, 1.165) is 23.9 Å². The average Bonchev–Trinajstić information content (AvgIpc) is 3.06. The molecule has 4 nitrogen and oxygen atoms in total. The Morgan fingerprint density at radius 1 is 1.12 bits per heavy atom. The standard InChI is InChI=1S/C20H29N3O/c1-4-18(5-2)23-12-10-16(11-13-23)14-19-21-20(24-22-19)17-8-6-15(3)7-9-17/h6-9,16,18H,4-5,10-14H2,1-3H3. The van der Waals surface area contributed by atoms with Gasteiger partial charge in [-0.25, -0.2) is 0 Å². The lowest BCUT2D eigenvalue weighted by molar-refractivity contribution is 0.125. The molecule has 0 aliphatic carbocycles. The molecule has 0 atom stereocenters. The molecule has 0 spiro atoms. The zero-order valence-corrected chi connectivity index (χ0v) is 15.2. The summed E-state index contributed by atoms with van der Waals surface area (Å²) in [4.78, 5) is 7.26. The maximum atomic E-state index is 5.45. The lowest BCUT2D eigenvalue weighted by Gasteiger charge is -2.36. The van der Waals surface area contributed by atoms with Crippen LogP contribution in [0.1, 0.15) is 50.9 Å². The molecule has 0 radical (unpaired) electrons. The molecule has 24 heavy (non-hydrogen) atoms. The number of likely N-dealkylation sites (tertiary alicyclic amines) is 1. The quantitative estimate of drug-likeness (QED) is 0.784. The van der Waals surface area contributed by atoms with Gasteiger partial charge >= 0.3 is 0 Å². The van der Waals surface area contributed by atoms with Crippen molar-refractivity contribution in [1.82, 2.24) is 15.0 Å². The first kappa shape index (κ1) is 17.2. The molecule has 3 rings (SSSR count). The van der Waals surface area contributed by atoms with Gasteiger partial charge in [-0.05, 0) is 63.7 Å². The lowest BCUT2D eigenvalue weighted by Crippen LogP contribution is -2.41. The van der Waals surface area contributed by atoms with Crippen LogP contribution in [0.4, 0.5) is 0 Å². The molecule has 2 aromatic rings. The first-order chi connectivity index (χ1) is 11.7. The van der Waals surface area contributed by atoms with Crippen LogP contribution < -0.4 is 0 Å². The second-order valence-corrected chi connectivity index (χ2v) is 7.04. The van der Waals surface area contributed by atoms with E-state index < -0.39 is 0 Å². The molecule has 1 saturated heterocycles. The molecule has 1 aliphatic rings.